The van der Waals surface area contributed by atoms with Crippen LogP contribution in [0.5, 0.6) is 0 Å². The van der Waals surface area contributed by atoms with Gasteiger partial charge in [0, 0.05) is 12.8 Å². The number of hydrogen-bond donors (Lipinski definition) is 3. The van der Waals surface area contributed by atoms with Gasteiger partial charge in [0.05, 0.1) is 25.4 Å². The Hall–Kier alpha value is -1.92. The van der Waals surface area contributed by atoms with Gasteiger partial charge in [-0.05, 0) is 83.5 Å². The molecule has 0 heterocycles. The van der Waals surface area contributed by atoms with E-state index in [4.69, 9.17) is 4.74 Å². The van der Waals surface area contributed by atoms with Gasteiger partial charge in [0.15, 0.2) is 0 Å². The van der Waals surface area contributed by atoms with Crippen molar-refractivity contribution >= 4 is 11.9 Å². The second-order valence-corrected chi connectivity index (χ2v) is 21.4. The number of carbonyl (C=O) groups excluding carboxylic acids is 2. The Morgan fingerprint density at radius 1 is 0.400 bits per heavy atom. The van der Waals surface area contributed by atoms with Crippen molar-refractivity contribution in [2.24, 2.45) is 0 Å². The number of ether oxygens (including phenoxy) is 1. The number of unbranched alkanes of at least 4 members (excludes halogenated alkanes) is 41. The van der Waals surface area contributed by atoms with E-state index in [2.05, 4.69) is 55.6 Å². The number of hydrogen-bond acceptors (Lipinski definition) is 5. The predicted octanol–water partition coefficient (Wildman–Crippen LogP) is 19.6. The Morgan fingerprint density at radius 2 is 0.714 bits per heavy atom. The molecule has 0 aromatic rings. The van der Waals surface area contributed by atoms with Crippen LogP contribution in [0.2, 0.25) is 0 Å². The molecule has 0 aliphatic heterocycles. The molecule has 6 nitrogen and oxygen atoms in total. The fraction of sp³-hybridized carbons (Fsp3) is 0.875. The fourth-order valence-electron chi connectivity index (χ4n) is 9.61. The summed E-state index contributed by atoms with van der Waals surface area (Å²) in [5.41, 5.74) is 0. The third-order valence-electron chi connectivity index (χ3n) is 14.4. The molecule has 1 amide bonds. The number of nitrogens with one attached hydrogen (secondary N) is 1. The van der Waals surface area contributed by atoms with Gasteiger partial charge in [0.1, 0.15) is 0 Å². The van der Waals surface area contributed by atoms with E-state index in [0.717, 1.165) is 83.5 Å². The van der Waals surface area contributed by atoms with Gasteiger partial charge >= 0.3 is 5.97 Å². The third kappa shape index (κ3) is 55.4. The van der Waals surface area contributed by atoms with Gasteiger partial charge in [-0.3, -0.25) is 9.59 Å². The minimum absolute atomic E-state index is 0.0235. The van der Waals surface area contributed by atoms with Crippen LogP contribution in [0.3, 0.4) is 0 Å². The monoisotopic (exact) mass is 984 g/mol. The van der Waals surface area contributed by atoms with E-state index >= 15 is 0 Å². The highest BCUT2D eigenvalue weighted by molar-refractivity contribution is 5.76. The normalized spacial score (nSPS) is 12.8. The lowest BCUT2D eigenvalue weighted by Gasteiger charge is -2.22. The number of allylic oxidation sites excluding steroid dienone is 6. The molecular weight excluding hydrogens is 863 g/mol. The molecule has 0 aliphatic carbocycles. The minimum Gasteiger partial charge on any atom is -0.466 e. The highest BCUT2D eigenvalue weighted by atomic mass is 16.5. The van der Waals surface area contributed by atoms with Gasteiger partial charge in [-0.1, -0.05) is 275 Å². The molecule has 0 radical (unpaired) electrons. The van der Waals surface area contributed by atoms with Crippen LogP contribution in [0.4, 0.5) is 0 Å². The molecule has 0 saturated heterocycles. The molecule has 0 spiro atoms. The van der Waals surface area contributed by atoms with Crippen LogP contribution in [-0.4, -0.2) is 47.4 Å². The van der Waals surface area contributed by atoms with Gasteiger partial charge in [0.25, 0.3) is 0 Å². The van der Waals surface area contributed by atoms with Crippen molar-refractivity contribution in [2.75, 3.05) is 13.2 Å². The van der Waals surface area contributed by atoms with E-state index in [0.29, 0.717) is 25.9 Å². The van der Waals surface area contributed by atoms with Crippen LogP contribution in [0.25, 0.3) is 0 Å². The number of rotatable bonds is 58. The zero-order chi connectivity index (χ0) is 50.7. The van der Waals surface area contributed by atoms with E-state index in [9.17, 15) is 19.8 Å². The molecule has 2 atom stereocenters. The van der Waals surface area contributed by atoms with Crippen LogP contribution in [0.1, 0.15) is 335 Å². The molecule has 6 heteroatoms. The van der Waals surface area contributed by atoms with E-state index in [1.165, 1.54) is 218 Å². The van der Waals surface area contributed by atoms with Crippen LogP contribution < -0.4 is 5.32 Å². The maximum Gasteiger partial charge on any atom is 0.305 e. The van der Waals surface area contributed by atoms with Crippen molar-refractivity contribution in [3.63, 3.8) is 0 Å². The zero-order valence-electron chi connectivity index (χ0n) is 47.0. The summed E-state index contributed by atoms with van der Waals surface area (Å²) in [6.07, 6.45) is 74.3. The first-order valence-electron chi connectivity index (χ1n) is 31.2. The topological polar surface area (TPSA) is 95.9 Å². The van der Waals surface area contributed by atoms with Gasteiger partial charge in [-0.25, -0.2) is 0 Å². The average Bonchev–Trinajstić information content (AvgIpc) is 3.36. The maximum atomic E-state index is 12.5. The Bertz CT molecular complexity index is 1130. The summed E-state index contributed by atoms with van der Waals surface area (Å²) < 4.78 is 5.46. The van der Waals surface area contributed by atoms with E-state index < -0.39 is 12.1 Å². The molecule has 0 bridgehead atoms. The van der Waals surface area contributed by atoms with Crippen molar-refractivity contribution in [3.8, 4) is 0 Å². The van der Waals surface area contributed by atoms with Gasteiger partial charge in [-0.2, -0.15) is 0 Å². The quantitative estimate of drug-likeness (QED) is 0.0321. The summed E-state index contributed by atoms with van der Waals surface area (Å²) in [4.78, 5) is 24.6. The number of aliphatic hydroxyl groups excluding tert-OH is 2. The second kappa shape index (κ2) is 59.6. The first-order chi connectivity index (χ1) is 34.5. The largest absolute Gasteiger partial charge is 0.466 e. The van der Waals surface area contributed by atoms with Gasteiger partial charge in [0.2, 0.25) is 5.91 Å². The van der Waals surface area contributed by atoms with Crippen LogP contribution >= 0.6 is 0 Å². The Morgan fingerprint density at radius 3 is 1.13 bits per heavy atom. The average molecular weight is 985 g/mol. The second-order valence-electron chi connectivity index (χ2n) is 21.4. The summed E-state index contributed by atoms with van der Waals surface area (Å²) in [5.74, 6) is -0.0715. The molecule has 0 aromatic heterocycles. The highest BCUT2D eigenvalue weighted by Gasteiger charge is 2.20. The molecule has 0 aliphatic rings. The summed E-state index contributed by atoms with van der Waals surface area (Å²) in [7, 11) is 0. The maximum absolute atomic E-state index is 12.5. The Labute approximate surface area is 436 Å². The molecule has 2 unspecified atom stereocenters. The van der Waals surface area contributed by atoms with Crippen LogP contribution in [0, 0.1) is 0 Å². The number of esters is 1. The zero-order valence-corrected chi connectivity index (χ0v) is 47.0. The molecular formula is C64H121NO5. The first kappa shape index (κ1) is 68.1. The Balaban J connectivity index is 3.47. The molecule has 0 aromatic carbocycles. The van der Waals surface area contributed by atoms with Crippen molar-refractivity contribution in [1.29, 1.82) is 0 Å². The highest BCUT2D eigenvalue weighted by Crippen LogP contribution is 2.18. The Kier molecular flexibility index (Phi) is 58.0. The summed E-state index contributed by atoms with van der Waals surface area (Å²) in [6.45, 7) is 4.90. The molecule has 0 fully saturated rings. The van der Waals surface area contributed by atoms with Crippen LogP contribution in [-0.2, 0) is 14.3 Å². The van der Waals surface area contributed by atoms with Crippen molar-refractivity contribution in [3.05, 3.63) is 36.5 Å². The van der Waals surface area contributed by atoms with Gasteiger partial charge in [-0.15, -0.1) is 0 Å². The molecule has 412 valence electrons. The van der Waals surface area contributed by atoms with Crippen molar-refractivity contribution in [2.45, 2.75) is 347 Å². The van der Waals surface area contributed by atoms with E-state index in [-0.39, 0.29) is 18.5 Å². The third-order valence-corrected chi connectivity index (χ3v) is 14.4. The number of carbonyl (C=O) groups is 2. The first-order valence-corrected chi connectivity index (χ1v) is 31.2. The molecule has 3 N–H and O–H groups in total. The minimum atomic E-state index is -0.677. The van der Waals surface area contributed by atoms with Crippen molar-refractivity contribution in [1.82, 2.24) is 5.32 Å². The molecule has 0 rings (SSSR count). The lowest BCUT2D eigenvalue weighted by Crippen LogP contribution is -2.45. The van der Waals surface area contributed by atoms with E-state index in [1.54, 1.807) is 0 Å². The van der Waals surface area contributed by atoms with Crippen LogP contribution in [0.15, 0.2) is 36.5 Å². The number of amides is 1. The van der Waals surface area contributed by atoms with Gasteiger partial charge < -0.3 is 20.3 Å². The lowest BCUT2D eigenvalue weighted by molar-refractivity contribution is -0.143. The lowest BCUT2D eigenvalue weighted by atomic mass is 10.0. The number of aliphatic hydroxyl groups is 2. The summed E-state index contributed by atoms with van der Waals surface area (Å²) in [6, 6.07) is -0.555. The predicted molar refractivity (Wildman–Crippen MR) is 306 cm³/mol. The van der Waals surface area contributed by atoms with E-state index in [1.807, 2.05) is 0 Å². The SMILES string of the molecule is CCCCC/C=C\C/C=C\CCCCCCCC(=O)OCCCCCC/C=C\CCCCCCCCCC(=O)NC(CO)C(O)CCCCCCCCCCCCCCCCCCCCCCCCC. The molecule has 0 saturated carbocycles. The summed E-state index contributed by atoms with van der Waals surface area (Å²) in [5, 5.41) is 23.4. The fourth-order valence-corrected chi connectivity index (χ4v) is 9.61. The van der Waals surface area contributed by atoms with Crippen molar-refractivity contribution < 1.29 is 24.5 Å². The summed E-state index contributed by atoms with van der Waals surface area (Å²) >= 11 is 0. The molecule has 70 heavy (non-hydrogen) atoms. The standard InChI is InChI=1S/C64H121NO5/c1-3-5-7-9-11-13-15-17-19-20-21-22-23-24-25-26-29-32-36-40-44-48-52-56-62(67)61(60-66)65-63(68)57-53-49-45-41-37-33-30-27-31-35-39-43-47-51-55-59-70-64(69)58-54-50-46-42-38-34-28-18-16-14-12-10-8-6-4-2/h12,14,18,28,31,35,61-62,66-67H,3-11,13,15-17,19-27,29-30,32-34,36-60H2,1-2H3,(H,65,68)/b14-12-,28-18-,35-31-. The smallest absolute Gasteiger partial charge is 0.305 e.